The number of Topliss-reactive ketones (excluding diaryl/α,β-unsaturated/α-hetero) is 1. The smallest absolute Gasteiger partial charge is 0.269 e. The molecule has 0 spiro atoms. The molecule has 122 valence electrons. The van der Waals surface area contributed by atoms with Gasteiger partial charge in [0.2, 0.25) is 5.78 Å². The van der Waals surface area contributed by atoms with E-state index in [1.807, 2.05) is 24.3 Å². The van der Waals surface area contributed by atoms with Gasteiger partial charge < -0.3 is 10.1 Å². The number of ketones is 1. The minimum atomic E-state index is -0.889. The van der Waals surface area contributed by atoms with Crippen molar-refractivity contribution in [2.24, 2.45) is 0 Å². The third kappa shape index (κ3) is 2.99. The lowest BCUT2D eigenvalue weighted by Crippen LogP contribution is -2.10. The highest BCUT2D eigenvalue weighted by molar-refractivity contribution is 14.1. The maximum atomic E-state index is 12.9. The van der Waals surface area contributed by atoms with Crippen LogP contribution in [0.5, 0.6) is 0 Å². The summed E-state index contributed by atoms with van der Waals surface area (Å²) in [5.41, 5.74) is 1.59. The number of non-ortho nitro benzene ring substituents is 1. The Morgan fingerprint density at radius 2 is 1.96 bits per heavy atom. The van der Waals surface area contributed by atoms with Gasteiger partial charge in [-0.2, -0.15) is 0 Å². The molecule has 1 aliphatic rings. The van der Waals surface area contributed by atoms with E-state index in [1.54, 1.807) is 19.2 Å². The van der Waals surface area contributed by atoms with Crippen LogP contribution in [0.3, 0.4) is 0 Å². The molecule has 7 heteroatoms. The van der Waals surface area contributed by atoms with Gasteiger partial charge in [0.1, 0.15) is 0 Å². The predicted molar refractivity (Wildman–Crippen MR) is 97.1 cm³/mol. The molecule has 3 rings (SSSR count). The SMILES string of the molecule is CNC1=C(c2cccc(I)c2)C(=O)C(c2cccc([N+](=O)[O-])c2)O1. The maximum Gasteiger partial charge on any atom is 0.269 e. The summed E-state index contributed by atoms with van der Waals surface area (Å²) in [6.07, 6.45) is -0.889. The number of benzene rings is 2. The van der Waals surface area contributed by atoms with E-state index < -0.39 is 11.0 Å². The predicted octanol–water partition coefficient (Wildman–Crippen LogP) is 3.43. The lowest BCUT2D eigenvalue weighted by atomic mass is 9.97. The highest BCUT2D eigenvalue weighted by atomic mass is 127. The van der Waals surface area contributed by atoms with Gasteiger partial charge in [0.25, 0.3) is 5.69 Å². The Hall–Kier alpha value is -2.42. The van der Waals surface area contributed by atoms with Crippen molar-refractivity contribution in [3.8, 4) is 0 Å². The molecule has 0 bridgehead atoms. The summed E-state index contributed by atoms with van der Waals surface area (Å²) in [7, 11) is 1.67. The summed E-state index contributed by atoms with van der Waals surface area (Å²) < 4.78 is 6.74. The fraction of sp³-hybridized carbons (Fsp3) is 0.118. The van der Waals surface area contributed by atoms with Crippen LogP contribution < -0.4 is 5.32 Å². The Labute approximate surface area is 151 Å². The molecule has 0 saturated heterocycles. The normalized spacial score (nSPS) is 16.9. The molecule has 1 atom stereocenters. The summed E-state index contributed by atoms with van der Waals surface area (Å²) in [6.45, 7) is 0. The molecule has 0 aromatic heterocycles. The first-order chi connectivity index (χ1) is 11.5. The number of rotatable bonds is 4. The van der Waals surface area contributed by atoms with Gasteiger partial charge in [-0.3, -0.25) is 14.9 Å². The number of hydrogen-bond donors (Lipinski definition) is 1. The second kappa shape index (κ2) is 6.60. The Kier molecular flexibility index (Phi) is 4.52. The molecule has 0 saturated carbocycles. The average molecular weight is 436 g/mol. The molecular weight excluding hydrogens is 423 g/mol. The van der Waals surface area contributed by atoms with Crippen LogP contribution in [-0.4, -0.2) is 17.8 Å². The number of nitro benzene ring substituents is 1. The molecule has 0 amide bonds. The number of nitrogens with one attached hydrogen (secondary N) is 1. The number of carbonyl (C=O) groups excluding carboxylic acids is 1. The molecule has 1 aliphatic heterocycles. The average Bonchev–Trinajstić information content (AvgIpc) is 2.91. The van der Waals surface area contributed by atoms with Crippen LogP contribution in [0.1, 0.15) is 17.2 Å². The van der Waals surface area contributed by atoms with Crippen LogP contribution in [0.25, 0.3) is 5.57 Å². The molecule has 2 aromatic rings. The van der Waals surface area contributed by atoms with Crippen molar-refractivity contribution in [3.05, 3.63) is 79.2 Å². The van der Waals surface area contributed by atoms with E-state index in [0.717, 1.165) is 9.13 Å². The first kappa shape index (κ1) is 16.4. The second-order valence-electron chi connectivity index (χ2n) is 5.18. The van der Waals surface area contributed by atoms with Crippen molar-refractivity contribution in [2.75, 3.05) is 7.05 Å². The molecule has 1 N–H and O–H groups in total. The molecule has 0 aliphatic carbocycles. The fourth-order valence-electron chi connectivity index (χ4n) is 2.60. The maximum absolute atomic E-state index is 12.9. The number of hydrogen-bond acceptors (Lipinski definition) is 5. The van der Waals surface area contributed by atoms with Crippen molar-refractivity contribution in [1.82, 2.24) is 5.32 Å². The van der Waals surface area contributed by atoms with Crippen molar-refractivity contribution < 1.29 is 14.5 Å². The van der Waals surface area contributed by atoms with Gasteiger partial charge in [0.05, 0.1) is 10.5 Å². The van der Waals surface area contributed by atoms with Crippen LogP contribution in [0.2, 0.25) is 0 Å². The van der Waals surface area contributed by atoms with Crippen molar-refractivity contribution in [2.45, 2.75) is 6.10 Å². The van der Waals surface area contributed by atoms with Crippen molar-refractivity contribution in [3.63, 3.8) is 0 Å². The van der Waals surface area contributed by atoms with Crippen LogP contribution >= 0.6 is 22.6 Å². The summed E-state index contributed by atoms with van der Waals surface area (Å²) in [5.74, 6) is 0.153. The van der Waals surface area contributed by atoms with Gasteiger partial charge in [-0.1, -0.05) is 24.3 Å². The van der Waals surface area contributed by atoms with Crippen LogP contribution in [-0.2, 0) is 9.53 Å². The molecule has 2 aromatic carbocycles. The van der Waals surface area contributed by atoms with Gasteiger partial charge in [-0.15, -0.1) is 0 Å². The number of nitro groups is 1. The molecule has 0 radical (unpaired) electrons. The molecule has 0 fully saturated rings. The summed E-state index contributed by atoms with van der Waals surface area (Å²) >= 11 is 2.18. The Balaban J connectivity index is 2.00. The van der Waals surface area contributed by atoms with Gasteiger partial charge in [0.15, 0.2) is 12.0 Å². The summed E-state index contributed by atoms with van der Waals surface area (Å²) in [4.78, 5) is 23.3. The third-order valence-corrected chi connectivity index (χ3v) is 4.34. The van der Waals surface area contributed by atoms with Gasteiger partial charge in [-0.05, 0) is 40.3 Å². The largest absolute Gasteiger partial charge is 0.462 e. The zero-order chi connectivity index (χ0) is 17.3. The zero-order valence-corrected chi connectivity index (χ0v) is 14.8. The van der Waals surface area contributed by atoms with E-state index >= 15 is 0 Å². The van der Waals surface area contributed by atoms with Gasteiger partial charge in [0, 0.05) is 28.3 Å². The number of nitrogens with zero attached hydrogens (tertiary/aromatic N) is 1. The Bertz CT molecular complexity index is 863. The fourth-order valence-corrected chi connectivity index (χ4v) is 3.14. The summed E-state index contributed by atoms with van der Waals surface area (Å²) in [5, 5.41) is 13.8. The van der Waals surface area contributed by atoms with E-state index in [9.17, 15) is 14.9 Å². The Morgan fingerprint density at radius 1 is 1.21 bits per heavy atom. The lowest BCUT2D eigenvalue weighted by molar-refractivity contribution is -0.385. The first-order valence-corrected chi connectivity index (χ1v) is 8.22. The topological polar surface area (TPSA) is 81.5 Å². The number of ether oxygens (including phenoxy) is 1. The Morgan fingerprint density at radius 3 is 2.62 bits per heavy atom. The zero-order valence-electron chi connectivity index (χ0n) is 12.7. The van der Waals surface area contributed by atoms with Crippen LogP contribution in [0.15, 0.2) is 54.4 Å². The quantitative estimate of drug-likeness (QED) is 0.451. The van der Waals surface area contributed by atoms with Crippen LogP contribution in [0.4, 0.5) is 5.69 Å². The highest BCUT2D eigenvalue weighted by Crippen LogP contribution is 2.38. The van der Waals surface area contributed by atoms with Crippen molar-refractivity contribution >= 4 is 39.6 Å². The third-order valence-electron chi connectivity index (χ3n) is 3.67. The molecule has 24 heavy (non-hydrogen) atoms. The van der Waals surface area contributed by atoms with Gasteiger partial charge >= 0.3 is 0 Å². The monoisotopic (exact) mass is 436 g/mol. The number of carbonyl (C=O) groups is 1. The molecule has 6 nitrogen and oxygen atoms in total. The first-order valence-electron chi connectivity index (χ1n) is 7.14. The molecule has 1 unspecified atom stereocenters. The highest BCUT2D eigenvalue weighted by Gasteiger charge is 2.37. The minimum absolute atomic E-state index is 0.0717. The van der Waals surface area contributed by atoms with E-state index in [4.69, 9.17) is 4.74 Å². The van der Waals surface area contributed by atoms with Gasteiger partial charge in [-0.25, -0.2) is 0 Å². The standard InChI is InChI=1S/C17H13IN2O4/c1-19-17-14(10-4-2-6-12(18)8-10)15(21)16(24-17)11-5-3-7-13(9-11)20(22)23/h2-9,16,19H,1H3. The number of halogens is 1. The van der Waals surface area contributed by atoms with E-state index in [-0.39, 0.29) is 11.5 Å². The van der Waals surface area contributed by atoms with Crippen molar-refractivity contribution in [1.29, 1.82) is 0 Å². The van der Waals surface area contributed by atoms with E-state index in [1.165, 1.54) is 12.1 Å². The summed E-state index contributed by atoms with van der Waals surface area (Å²) in [6, 6.07) is 13.5. The van der Waals surface area contributed by atoms with E-state index in [0.29, 0.717) is 17.0 Å². The second-order valence-corrected chi connectivity index (χ2v) is 6.42. The molecular formula is C17H13IN2O4. The molecule has 1 heterocycles. The van der Waals surface area contributed by atoms with E-state index in [2.05, 4.69) is 27.9 Å². The minimum Gasteiger partial charge on any atom is -0.462 e. The van der Waals surface area contributed by atoms with Crippen LogP contribution in [0, 0.1) is 13.7 Å². The lowest BCUT2D eigenvalue weighted by Gasteiger charge is -2.11.